The molecule has 0 spiro atoms. The van der Waals surface area contributed by atoms with E-state index in [2.05, 4.69) is 31.8 Å². The lowest BCUT2D eigenvalue weighted by Crippen LogP contribution is -1.87. The third kappa shape index (κ3) is 2.55. The molecular formula is C6H7BrN4. The maximum absolute atomic E-state index is 4.79. The van der Waals surface area contributed by atoms with Crippen LogP contribution in [0.3, 0.4) is 0 Å². The molecule has 1 aromatic rings. The van der Waals surface area contributed by atoms with Gasteiger partial charge in [0.2, 0.25) is 0 Å². The standard InChI is InChI=1S/C6H7BrN4/c7-5-1-3-6(4-2-5)9-11-10-8/h1-4H,(H2,8,11)(H,9,10). The first-order chi connectivity index (χ1) is 5.33. The number of nitrogens with one attached hydrogen (secondary N) is 1. The number of rotatable bonds is 2. The van der Waals surface area contributed by atoms with Crippen LogP contribution in [-0.2, 0) is 0 Å². The van der Waals surface area contributed by atoms with Crippen LogP contribution in [0.2, 0.25) is 0 Å². The number of benzene rings is 1. The van der Waals surface area contributed by atoms with Gasteiger partial charge in [0.05, 0.1) is 5.69 Å². The largest absolute Gasteiger partial charge is 0.303 e. The van der Waals surface area contributed by atoms with E-state index in [1.807, 2.05) is 24.3 Å². The molecule has 0 heterocycles. The van der Waals surface area contributed by atoms with Crippen LogP contribution in [-0.4, -0.2) is 0 Å². The average Bonchev–Trinajstić information content (AvgIpc) is 2.04. The van der Waals surface area contributed by atoms with Gasteiger partial charge in [0.25, 0.3) is 0 Å². The lowest BCUT2D eigenvalue weighted by atomic mass is 10.3. The highest BCUT2D eigenvalue weighted by Gasteiger charge is 1.87. The molecule has 0 saturated heterocycles. The molecule has 58 valence electrons. The minimum Gasteiger partial charge on any atom is -0.303 e. The van der Waals surface area contributed by atoms with Gasteiger partial charge in [-0.15, -0.1) is 0 Å². The lowest BCUT2D eigenvalue weighted by Gasteiger charge is -1.96. The Kier molecular flexibility index (Phi) is 2.85. The maximum Gasteiger partial charge on any atom is 0.0580 e. The van der Waals surface area contributed by atoms with Gasteiger partial charge in [-0.25, -0.2) is 0 Å². The molecule has 5 heteroatoms. The molecule has 0 radical (unpaired) electrons. The van der Waals surface area contributed by atoms with Crippen LogP contribution in [0.25, 0.3) is 0 Å². The van der Waals surface area contributed by atoms with Crippen LogP contribution >= 0.6 is 15.9 Å². The second-order valence-corrected chi connectivity index (χ2v) is 2.75. The topological polar surface area (TPSA) is 62.8 Å². The second-order valence-electron chi connectivity index (χ2n) is 1.83. The first kappa shape index (κ1) is 8.00. The van der Waals surface area contributed by atoms with E-state index >= 15 is 0 Å². The molecule has 0 saturated carbocycles. The molecule has 1 rings (SSSR count). The summed E-state index contributed by atoms with van der Waals surface area (Å²) in [5, 5.41) is 6.46. The minimum absolute atomic E-state index is 0.849. The Balaban J connectivity index is 2.66. The average molecular weight is 215 g/mol. The molecular weight excluding hydrogens is 208 g/mol. The highest BCUT2D eigenvalue weighted by atomic mass is 79.9. The number of halogens is 1. The predicted octanol–water partition coefficient (Wildman–Crippen LogP) is 2.10. The number of nitrogens with two attached hydrogens (primary N) is 1. The SMILES string of the molecule is NN=NNc1ccc(Br)cc1. The minimum atomic E-state index is 0.849. The summed E-state index contributed by atoms with van der Waals surface area (Å²) in [7, 11) is 0. The van der Waals surface area contributed by atoms with Gasteiger partial charge in [-0.3, -0.25) is 5.43 Å². The zero-order valence-corrected chi connectivity index (χ0v) is 7.25. The van der Waals surface area contributed by atoms with Crippen molar-refractivity contribution in [2.24, 2.45) is 16.3 Å². The van der Waals surface area contributed by atoms with Gasteiger partial charge >= 0.3 is 0 Å². The van der Waals surface area contributed by atoms with Crippen LogP contribution in [0, 0.1) is 0 Å². The van der Waals surface area contributed by atoms with Crippen molar-refractivity contribution in [3.63, 3.8) is 0 Å². The molecule has 0 aliphatic carbocycles. The van der Waals surface area contributed by atoms with E-state index < -0.39 is 0 Å². The Morgan fingerprint density at radius 3 is 2.45 bits per heavy atom. The molecule has 4 nitrogen and oxygen atoms in total. The smallest absolute Gasteiger partial charge is 0.0580 e. The van der Waals surface area contributed by atoms with Crippen molar-refractivity contribution >= 4 is 21.6 Å². The summed E-state index contributed by atoms with van der Waals surface area (Å²) in [5.41, 5.74) is 3.48. The van der Waals surface area contributed by atoms with Crippen molar-refractivity contribution in [2.45, 2.75) is 0 Å². The van der Waals surface area contributed by atoms with E-state index in [0.717, 1.165) is 10.2 Å². The zero-order valence-electron chi connectivity index (χ0n) is 5.66. The van der Waals surface area contributed by atoms with Crippen LogP contribution in [0.15, 0.2) is 39.2 Å². The van der Waals surface area contributed by atoms with Gasteiger partial charge < -0.3 is 5.84 Å². The number of hydrogen-bond donors (Lipinski definition) is 2. The van der Waals surface area contributed by atoms with Crippen molar-refractivity contribution in [2.75, 3.05) is 5.43 Å². The Bertz CT molecular complexity index is 243. The number of anilines is 1. The molecule has 0 amide bonds. The molecule has 11 heavy (non-hydrogen) atoms. The molecule has 3 N–H and O–H groups in total. The van der Waals surface area contributed by atoms with E-state index in [1.165, 1.54) is 0 Å². The Hall–Kier alpha value is -1.10. The highest BCUT2D eigenvalue weighted by Crippen LogP contribution is 2.13. The normalized spacial score (nSPS) is 10.3. The molecule has 0 aliphatic rings. The highest BCUT2D eigenvalue weighted by molar-refractivity contribution is 9.10. The summed E-state index contributed by atoms with van der Waals surface area (Å²) in [6.07, 6.45) is 0. The first-order valence-electron chi connectivity index (χ1n) is 2.94. The quantitative estimate of drug-likeness (QED) is 0.450. The van der Waals surface area contributed by atoms with E-state index in [1.54, 1.807) is 0 Å². The fourth-order valence-electron chi connectivity index (χ4n) is 0.611. The molecule has 0 fully saturated rings. The van der Waals surface area contributed by atoms with Crippen molar-refractivity contribution in [3.8, 4) is 0 Å². The number of hydrogen-bond acceptors (Lipinski definition) is 2. The van der Waals surface area contributed by atoms with E-state index in [4.69, 9.17) is 5.84 Å². The summed E-state index contributed by atoms with van der Waals surface area (Å²) in [4.78, 5) is 0. The van der Waals surface area contributed by atoms with Crippen molar-refractivity contribution in [1.82, 2.24) is 0 Å². The molecule has 0 aromatic heterocycles. The Morgan fingerprint density at radius 1 is 1.27 bits per heavy atom. The molecule has 0 aliphatic heterocycles. The zero-order chi connectivity index (χ0) is 8.10. The summed E-state index contributed by atoms with van der Waals surface area (Å²) in [6.45, 7) is 0. The van der Waals surface area contributed by atoms with E-state index in [0.29, 0.717) is 0 Å². The Morgan fingerprint density at radius 2 is 1.91 bits per heavy atom. The summed E-state index contributed by atoms with van der Waals surface area (Å²) in [5.74, 6) is 4.79. The van der Waals surface area contributed by atoms with Crippen molar-refractivity contribution < 1.29 is 0 Å². The summed E-state index contributed by atoms with van der Waals surface area (Å²) >= 11 is 3.31. The van der Waals surface area contributed by atoms with E-state index in [-0.39, 0.29) is 0 Å². The fourth-order valence-corrected chi connectivity index (χ4v) is 0.875. The monoisotopic (exact) mass is 214 g/mol. The summed E-state index contributed by atoms with van der Waals surface area (Å²) in [6, 6.07) is 7.51. The summed E-state index contributed by atoms with van der Waals surface area (Å²) < 4.78 is 1.02. The lowest BCUT2D eigenvalue weighted by molar-refractivity contribution is 1.00. The van der Waals surface area contributed by atoms with Crippen molar-refractivity contribution in [1.29, 1.82) is 0 Å². The van der Waals surface area contributed by atoms with Crippen molar-refractivity contribution in [3.05, 3.63) is 28.7 Å². The molecule has 1 aromatic carbocycles. The van der Waals surface area contributed by atoms with Gasteiger partial charge in [-0.05, 0) is 24.3 Å². The Labute approximate surface area is 72.6 Å². The third-order valence-corrected chi connectivity index (χ3v) is 1.61. The van der Waals surface area contributed by atoms with Crippen LogP contribution in [0.1, 0.15) is 0 Å². The van der Waals surface area contributed by atoms with Crippen LogP contribution in [0.4, 0.5) is 5.69 Å². The van der Waals surface area contributed by atoms with Gasteiger partial charge in [-0.1, -0.05) is 26.4 Å². The predicted molar refractivity (Wildman–Crippen MR) is 46.8 cm³/mol. The van der Waals surface area contributed by atoms with Gasteiger partial charge in [0.15, 0.2) is 0 Å². The van der Waals surface area contributed by atoms with Crippen LogP contribution in [0.5, 0.6) is 0 Å². The third-order valence-electron chi connectivity index (χ3n) is 1.08. The molecule has 0 unspecified atom stereocenters. The first-order valence-corrected chi connectivity index (χ1v) is 3.74. The number of nitrogens with zero attached hydrogens (tertiary/aromatic N) is 2. The fraction of sp³-hybridized carbons (Fsp3) is 0. The van der Waals surface area contributed by atoms with Gasteiger partial charge in [-0.2, -0.15) is 0 Å². The molecule has 0 atom stereocenters. The second kappa shape index (κ2) is 3.92. The van der Waals surface area contributed by atoms with Gasteiger partial charge in [0, 0.05) is 4.47 Å². The molecule has 0 bridgehead atoms. The maximum atomic E-state index is 4.79. The van der Waals surface area contributed by atoms with E-state index in [9.17, 15) is 0 Å². The van der Waals surface area contributed by atoms with Gasteiger partial charge in [0.1, 0.15) is 0 Å². The van der Waals surface area contributed by atoms with Crippen LogP contribution < -0.4 is 11.3 Å².